The monoisotopic (exact) mass is 578 g/mol. The molecular weight excluding hydrogens is 540 g/mol. The van der Waals surface area contributed by atoms with Crippen molar-refractivity contribution in [2.45, 2.75) is 20.8 Å². The molecule has 0 saturated heterocycles. The molecule has 0 radical (unpaired) electrons. The van der Waals surface area contributed by atoms with Gasteiger partial charge in [0.2, 0.25) is 0 Å². The molecule has 0 fully saturated rings. The molecule has 0 aliphatic carbocycles. The zero-order valence-corrected chi connectivity index (χ0v) is 26.3. The van der Waals surface area contributed by atoms with Gasteiger partial charge in [-0.2, -0.15) is 0 Å². The lowest BCUT2D eigenvalue weighted by Gasteiger charge is -2.22. The molecule has 8 aromatic rings. The van der Waals surface area contributed by atoms with Crippen LogP contribution in [0.25, 0.3) is 76.5 Å². The van der Waals surface area contributed by atoms with E-state index in [1.54, 1.807) is 6.08 Å². The second-order valence-corrected chi connectivity index (χ2v) is 10.8. The summed E-state index contributed by atoms with van der Waals surface area (Å²) >= 11 is 0. The van der Waals surface area contributed by atoms with Gasteiger partial charge in [0.1, 0.15) is 0 Å². The predicted octanol–water partition coefficient (Wildman–Crippen LogP) is 13.5. The normalized spacial score (nSPS) is 10.6. The molecule has 45 heavy (non-hydrogen) atoms. The van der Waals surface area contributed by atoms with Crippen LogP contribution in [0, 0.1) is 0 Å². The molecule has 0 atom stereocenters. The zero-order valence-electron chi connectivity index (χ0n) is 26.3. The maximum absolute atomic E-state index is 3.36. The Balaban J connectivity index is 0.000000676. The van der Waals surface area contributed by atoms with Gasteiger partial charge in [0.05, 0.1) is 0 Å². The number of hydrogen-bond acceptors (Lipinski definition) is 0. The summed E-state index contributed by atoms with van der Waals surface area (Å²) in [7, 11) is 0. The maximum Gasteiger partial charge on any atom is -0.00139 e. The van der Waals surface area contributed by atoms with Crippen LogP contribution in [0.1, 0.15) is 20.8 Å². The number of rotatable bonds is 3. The van der Waals surface area contributed by atoms with Gasteiger partial charge in [-0.15, -0.1) is 6.58 Å². The Hall–Kier alpha value is -5.46. The van der Waals surface area contributed by atoms with Crippen LogP contribution >= 0.6 is 0 Å². The molecule has 218 valence electrons. The molecule has 0 heterocycles. The van der Waals surface area contributed by atoms with Gasteiger partial charge in [0.25, 0.3) is 0 Å². The molecule has 0 bridgehead atoms. The van der Waals surface area contributed by atoms with Crippen LogP contribution in [-0.2, 0) is 0 Å². The number of fused-ring (bicyclic) bond motifs is 4. The van der Waals surface area contributed by atoms with Gasteiger partial charge in [0, 0.05) is 0 Å². The largest absolute Gasteiger partial charge is 0.103 e. The molecular formula is C45H38. The molecule has 8 rings (SSSR count). The summed E-state index contributed by atoms with van der Waals surface area (Å²) < 4.78 is 0. The lowest BCUT2D eigenvalue weighted by Crippen LogP contribution is -1.94. The molecule has 0 heteroatoms. The highest BCUT2D eigenvalue weighted by atomic mass is 14.2. The quantitative estimate of drug-likeness (QED) is 0.144. The smallest absolute Gasteiger partial charge is 0.00139 e. The third-order valence-electron chi connectivity index (χ3n) is 8.24. The Morgan fingerprint density at radius 3 is 0.711 bits per heavy atom. The van der Waals surface area contributed by atoms with Crippen LogP contribution in [0.15, 0.2) is 170 Å². The fourth-order valence-corrected chi connectivity index (χ4v) is 6.63. The van der Waals surface area contributed by atoms with E-state index in [-0.39, 0.29) is 0 Å². The minimum Gasteiger partial charge on any atom is -0.103 e. The number of benzene rings is 8. The molecule has 0 aromatic heterocycles. The average Bonchev–Trinajstić information content (AvgIpc) is 3.12. The Bertz CT molecular complexity index is 1960. The van der Waals surface area contributed by atoms with E-state index in [9.17, 15) is 0 Å². The summed E-state index contributed by atoms with van der Waals surface area (Å²) in [5, 5.41) is 10.2. The lowest BCUT2D eigenvalue weighted by atomic mass is 9.81. The summed E-state index contributed by atoms with van der Waals surface area (Å²) in [5.74, 6) is 0. The third kappa shape index (κ3) is 5.30. The first-order chi connectivity index (χ1) is 22.3. The van der Waals surface area contributed by atoms with Gasteiger partial charge in [-0.25, -0.2) is 0 Å². The van der Waals surface area contributed by atoms with E-state index in [2.05, 4.69) is 164 Å². The third-order valence-corrected chi connectivity index (χ3v) is 8.24. The van der Waals surface area contributed by atoms with Gasteiger partial charge in [-0.1, -0.05) is 178 Å². The summed E-state index contributed by atoms with van der Waals surface area (Å²) in [5.41, 5.74) is 7.69. The molecule has 0 nitrogen and oxygen atoms in total. The van der Waals surface area contributed by atoms with Crippen molar-refractivity contribution >= 4 is 43.1 Å². The Morgan fingerprint density at radius 1 is 0.311 bits per heavy atom. The van der Waals surface area contributed by atoms with E-state index >= 15 is 0 Å². The van der Waals surface area contributed by atoms with Gasteiger partial charge in [-0.05, 0) is 83.4 Å². The summed E-state index contributed by atoms with van der Waals surface area (Å²) in [6, 6.07) is 57.4. The van der Waals surface area contributed by atoms with Crippen molar-refractivity contribution in [2.75, 3.05) is 0 Å². The second kappa shape index (κ2) is 13.5. The minimum absolute atomic E-state index is 1.25. The molecule has 0 saturated carbocycles. The summed E-state index contributed by atoms with van der Waals surface area (Å²) in [6.07, 6.45) is 1.75. The van der Waals surface area contributed by atoms with E-state index < -0.39 is 0 Å². The highest BCUT2D eigenvalue weighted by Crippen LogP contribution is 2.49. The first kappa shape index (κ1) is 29.6. The average molecular weight is 579 g/mol. The van der Waals surface area contributed by atoms with E-state index in [0.717, 1.165) is 0 Å². The first-order valence-electron chi connectivity index (χ1n) is 15.9. The van der Waals surface area contributed by atoms with Gasteiger partial charge < -0.3 is 0 Å². The minimum atomic E-state index is 1.25. The van der Waals surface area contributed by atoms with Crippen molar-refractivity contribution in [1.29, 1.82) is 0 Å². The zero-order chi connectivity index (χ0) is 31.2. The van der Waals surface area contributed by atoms with Gasteiger partial charge in [0.15, 0.2) is 0 Å². The Morgan fingerprint density at radius 2 is 0.489 bits per heavy atom. The van der Waals surface area contributed by atoms with Crippen LogP contribution in [-0.4, -0.2) is 0 Å². The van der Waals surface area contributed by atoms with Crippen LogP contribution in [0.2, 0.25) is 0 Å². The van der Waals surface area contributed by atoms with Gasteiger partial charge in [-0.3, -0.25) is 0 Å². The van der Waals surface area contributed by atoms with E-state index in [1.165, 1.54) is 76.5 Å². The maximum atomic E-state index is 3.36. The van der Waals surface area contributed by atoms with Crippen molar-refractivity contribution in [3.63, 3.8) is 0 Å². The Labute approximate surface area is 266 Å². The first-order valence-corrected chi connectivity index (χ1v) is 15.9. The van der Waals surface area contributed by atoms with Crippen LogP contribution in [0.4, 0.5) is 0 Å². The molecule has 0 N–H and O–H groups in total. The van der Waals surface area contributed by atoms with Gasteiger partial charge >= 0.3 is 0 Å². The van der Waals surface area contributed by atoms with E-state index in [4.69, 9.17) is 0 Å². The molecule has 8 aromatic carbocycles. The highest BCUT2D eigenvalue weighted by molar-refractivity contribution is 6.29. The topological polar surface area (TPSA) is 0 Å². The van der Waals surface area contributed by atoms with Crippen molar-refractivity contribution in [1.82, 2.24) is 0 Å². The van der Waals surface area contributed by atoms with Crippen LogP contribution < -0.4 is 0 Å². The SMILES string of the molecule is C=CC.CC.c1ccc(-c2c3ccccc3c(-c3c4ccccc4c(-c4ccccc4)c4ccccc34)c3ccccc23)cc1. The Kier molecular flexibility index (Phi) is 8.85. The molecule has 0 amide bonds. The van der Waals surface area contributed by atoms with Crippen LogP contribution in [0.3, 0.4) is 0 Å². The van der Waals surface area contributed by atoms with E-state index in [0.29, 0.717) is 0 Å². The number of allylic oxidation sites excluding steroid dienone is 1. The van der Waals surface area contributed by atoms with E-state index in [1.807, 2.05) is 20.8 Å². The lowest BCUT2D eigenvalue weighted by molar-refractivity contribution is 1.50. The number of hydrogen-bond donors (Lipinski definition) is 0. The second-order valence-electron chi connectivity index (χ2n) is 10.8. The van der Waals surface area contributed by atoms with Crippen LogP contribution in [0.5, 0.6) is 0 Å². The van der Waals surface area contributed by atoms with Crippen molar-refractivity contribution in [2.24, 2.45) is 0 Å². The molecule has 0 spiro atoms. The molecule has 0 aliphatic heterocycles. The molecule has 0 aliphatic rings. The summed E-state index contributed by atoms with van der Waals surface area (Å²) in [4.78, 5) is 0. The fraction of sp³-hybridized carbons (Fsp3) is 0.0667. The molecule has 0 unspecified atom stereocenters. The van der Waals surface area contributed by atoms with Crippen molar-refractivity contribution < 1.29 is 0 Å². The standard InChI is InChI=1S/C40H26.C3H6.C2H6/c1-3-15-27(16-4-1)37-29-19-7-11-23-33(29)39(34-24-12-8-20-30(34)37)40-35-25-13-9-21-31(35)38(28-17-5-2-6-18-28)32-22-10-14-26-36(32)40;1-3-2;1-2/h1-26H;3H,1H2,2H3;1-2H3. The summed E-state index contributed by atoms with van der Waals surface area (Å²) in [6.45, 7) is 9.25. The predicted molar refractivity (Wildman–Crippen MR) is 200 cm³/mol. The van der Waals surface area contributed by atoms with Crippen molar-refractivity contribution in [3.8, 4) is 33.4 Å². The highest BCUT2D eigenvalue weighted by Gasteiger charge is 2.21. The van der Waals surface area contributed by atoms with Crippen molar-refractivity contribution in [3.05, 3.63) is 170 Å². The fourth-order valence-electron chi connectivity index (χ4n) is 6.63.